The second kappa shape index (κ2) is 2.52. The van der Waals surface area contributed by atoms with Crippen molar-refractivity contribution in [2.45, 2.75) is 19.8 Å². The molecule has 0 nitrogen and oxygen atoms in total. The summed E-state index contributed by atoms with van der Waals surface area (Å²) in [7, 11) is 2.11. The normalized spacial score (nSPS) is 15.5. The first-order valence-corrected chi connectivity index (χ1v) is 2.71. The number of hydrogen-bond acceptors (Lipinski definition) is 0. The molecule has 0 N–H and O–H groups in total. The molecule has 0 spiro atoms. The molecule has 0 bridgehead atoms. The van der Waals surface area contributed by atoms with Crippen LogP contribution in [0.3, 0.4) is 0 Å². The van der Waals surface area contributed by atoms with Crippen LogP contribution in [0.5, 0.6) is 0 Å². The highest BCUT2D eigenvalue weighted by Gasteiger charge is 2.00. The lowest BCUT2D eigenvalue weighted by Crippen LogP contribution is -1.96. The van der Waals surface area contributed by atoms with E-state index in [1.807, 2.05) is 13.8 Å². The van der Waals surface area contributed by atoms with Gasteiger partial charge in [-0.15, -0.1) is 9.24 Å². The first-order valence-electron chi connectivity index (χ1n) is 2.04. The van der Waals surface area contributed by atoms with Crippen molar-refractivity contribution in [3.63, 3.8) is 0 Å². The molecule has 2 unspecified atom stereocenters. The summed E-state index contributed by atoms with van der Waals surface area (Å²) in [6.07, 6.45) is 0. The third-order valence-corrected chi connectivity index (χ3v) is 1.41. The van der Waals surface area contributed by atoms with E-state index in [9.17, 15) is 4.39 Å². The fourth-order valence-corrected chi connectivity index (χ4v) is 0. The molecule has 6 heavy (non-hydrogen) atoms. The van der Waals surface area contributed by atoms with Crippen molar-refractivity contribution in [2.75, 3.05) is 0 Å². The van der Waals surface area contributed by atoms with Crippen LogP contribution < -0.4 is 0 Å². The van der Waals surface area contributed by atoms with Crippen molar-refractivity contribution >= 4 is 9.24 Å². The van der Waals surface area contributed by atoms with Gasteiger partial charge in [0.05, 0.1) is 0 Å². The van der Waals surface area contributed by atoms with Gasteiger partial charge in [-0.05, 0) is 5.92 Å². The third kappa shape index (κ3) is 2.59. The Kier molecular flexibility index (Phi) is 2.67. The lowest BCUT2D eigenvalue weighted by atomic mass is 10.3. The monoisotopic (exact) mass is 108 g/mol. The predicted octanol–water partition coefficient (Wildman–Crippen LogP) is 1.81. The van der Waals surface area contributed by atoms with Crippen LogP contribution >= 0.6 is 9.24 Å². The molecule has 0 radical (unpaired) electrons. The number of hydrogen-bond donors (Lipinski definition) is 0. The van der Waals surface area contributed by atoms with Crippen LogP contribution in [0.1, 0.15) is 13.8 Å². The smallest absolute Gasteiger partial charge is 0.115 e. The Morgan fingerprint density at radius 1 is 1.50 bits per heavy atom. The summed E-state index contributed by atoms with van der Waals surface area (Å²) in [6.45, 7) is 3.69. The quantitative estimate of drug-likeness (QED) is 0.449. The Labute approximate surface area is 40.3 Å². The molecule has 0 amide bonds. The summed E-state index contributed by atoms with van der Waals surface area (Å²) in [5, 5.41) is 0. The Balaban J connectivity index is 2.99. The minimum Gasteiger partial charge on any atom is -0.243 e. The molecule has 0 rings (SSSR count). The van der Waals surface area contributed by atoms with Crippen molar-refractivity contribution in [3.05, 3.63) is 0 Å². The molecule has 0 aliphatic carbocycles. The van der Waals surface area contributed by atoms with Crippen molar-refractivity contribution in [1.82, 2.24) is 0 Å². The predicted molar refractivity (Wildman–Crippen MR) is 29.4 cm³/mol. The number of halogens is 1. The van der Waals surface area contributed by atoms with Gasteiger partial charge in [-0.3, -0.25) is 0 Å². The topological polar surface area (TPSA) is 0 Å². The van der Waals surface area contributed by atoms with Crippen LogP contribution in [-0.4, -0.2) is 5.91 Å². The lowest BCUT2D eigenvalue weighted by molar-refractivity contribution is 0.362. The van der Waals surface area contributed by atoms with Crippen molar-refractivity contribution in [1.29, 1.82) is 0 Å². The van der Waals surface area contributed by atoms with Crippen molar-refractivity contribution < 1.29 is 4.39 Å². The Bertz CT molecular complexity index is 28.5. The van der Waals surface area contributed by atoms with Crippen molar-refractivity contribution in [3.8, 4) is 0 Å². The fourth-order valence-electron chi connectivity index (χ4n) is 0. The molecule has 0 aromatic carbocycles. The first kappa shape index (κ1) is 6.36. The minimum absolute atomic E-state index is 0.148. The van der Waals surface area contributed by atoms with Gasteiger partial charge in [0, 0.05) is 0 Å². The van der Waals surface area contributed by atoms with Gasteiger partial charge in [-0.1, -0.05) is 13.8 Å². The van der Waals surface area contributed by atoms with Gasteiger partial charge in [0.25, 0.3) is 0 Å². The molecule has 2 heteroatoms. The first-order chi connectivity index (χ1) is 2.64. The molecule has 0 aliphatic rings. The molecule has 2 atom stereocenters. The van der Waals surface area contributed by atoms with Gasteiger partial charge in [-0.25, -0.2) is 4.39 Å². The minimum atomic E-state index is -0.731. The fraction of sp³-hybridized carbons (Fsp3) is 1.00. The van der Waals surface area contributed by atoms with Gasteiger partial charge >= 0.3 is 0 Å². The molecule has 0 fully saturated rings. The second-order valence-corrected chi connectivity index (χ2v) is 2.33. The standard InChI is InChI=1S/C4H10FP/c1-3(2)4(5)6/h3-4H,6H2,1-2H3. The van der Waals surface area contributed by atoms with E-state index in [0.29, 0.717) is 0 Å². The zero-order chi connectivity index (χ0) is 5.15. The summed E-state index contributed by atoms with van der Waals surface area (Å²) >= 11 is 0. The average molecular weight is 108 g/mol. The second-order valence-electron chi connectivity index (χ2n) is 1.69. The summed E-state index contributed by atoms with van der Waals surface area (Å²) in [4.78, 5) is 0. The van der Waals surface area contributed by atoms with E-state index in [0.717, 1.165) is 0 Å². The van der Waals surface area contributed by atoms with Gasteiger partial charge in [0.2, 0.25) is 0 Å². The zero-order valence-electron chi connectivity index (χ0n) is 4.11. The molecule has 0 aliphatic heterocycles. The molecule has 0 heterocycles. The SMILES string of the molecule is CC(C)C(F)P. The van der Waals surface area contributed by atoms with Gasteiger partial charge < -0.3 is 0 Å². The maximum Gasteiger partial charge on any atom is 0.115 e. The summed E-state index contributed by atoms with van der Waals surface area (Å²) in [5.41, 5.74) is 0. The van der Waals surface area contributed by atoms with Gasteiger partial charge in [0.15, 0.2) is 0 Å². The lowest BCUT2D eigenvalue weighted by Gasteiger charge is -2.01. The molecule has 0 aromatic rings. The van der Waals surface area contributed by atoms with Crippen LogP contribution in [0.25, 0.3) is 0 Å². The van der Waals surface area contributed by atoms with E-state index >= 15 is 0 Å². The van der Waals surface area contributed by atoms with E-state index in [1.54, 1.807) is 0 Å². The summed E-state index contributed by atoms with van der Waals surface area (Å²) in [6, 6.07) is 0. The maximum atomic E-state index is 11.8. The number of alkyl halides is 1. The molecule has 0 aromatic heterocycles. The zero-order valence-corrected chi connectivity index (χ0v) is 5.26. The number of rotatable bonds is 1. The van der Waals surface area contributed by atoms with E-state index in [2.05, 4.69) is 9.24 Å². The molecule has 0 saturated heterocycles. The van der Waals surface area contributed by atoms with Crippen LogP contribution in [0.15, 0.2) is 0 Å². The van der Waals surface area contributed by atoms with Gasteiger partial charge in [-0.2, -0.15) is 0 Å². The molecule has 38 valence electrons. The molecular weight excluding hydrogens is 98.0 g/mol. The van der Waals surface area contributed by atoms with Crippen LogP contribution in [0.4, 0.5) is 4.39 Å². The average Bonchev–Trinajstić information content (AvgIpc) is 1.36. The van der Waals surface area contributed by atoms with Crippen LogP contribution in [0.2, 0.25) is 0 Å². The van der Waals surface area contributed by atoms with E-state index < -0.39 is 5.91 Å². The van der Waals surface area contributed by atoms with E-state index in [1.165, 1.54) is 0 Å². The Morgan fingerprint density at radius 2 is 1.67 bits per heavy atom. The Morgan fingerprint density at radius 3 is 1.67 bits per heavy atom. The largest absolute Gasteiger partial charge is 0.243 e. The summed E-state index contributed by atoms with van der Waals surface area (Å²) < 4.78 is 11.8. The highest BCUT2D eigenvalue weighted by molar-refractivity contribution is 7.17. The molecular formula is C4H10FP. The van der Waals surface area contributed by atoms with E-state index in [-0.39, 0.29) is 5.92 Å². The maximum absolute atomic E-state index is 11.8. The third-order valence-electron chi connectivity index (χ3n) is 0.637. The Hall–Kier alpha value is 0.360. The van der Waals surface area contributed by atoms with Gasteiger partial charge in [0.1, 0.15) is 5.91 Å². The van der Waals surface area contributed by atoms with Crippen molar-refractivity contribution in [2.24, 2.45) is 5.92 Å². The highest BCUT2D eigenvalue weighted by Crippen LogP contribution is 2.11. The molecule has 0 saturated carbocycles. The highest BCUT2D eigenvalue weighted by atomic mass is 31.0. The summed E-state index contributed by atoms with van der Waals surface area (Å²) in [5.74, 6) is -0.583. The van der Waals surface area contributed by atoms with Crippen LogP contribution in [-0.2, 0) is 0 Å². The van der Waals surface area contributed by atoms with Crippen LogP contribution in [0, 0.1) is 5.92 Å². The van der Waals surface area contributed by atoms with E-state index in [4.69, 9.17) is 0 Å².